The second-order valence-corrected chi connectivity index (χ2v) is 5.40. The molecule has 1 aromatic carbocycles. The predicted molar refractivity (Wildman–Crippen MR) is 80.6 cm³/mol. The molecule has 0 atom stereocenters. The molecule has 0 bridgehead atoms. The third kappa shape index (κ3) is 2.73. The molecule has 0 radical (unpaired) electrons. The number of quaternary nitrogens is 1. The number of benzene rings is 1. The molecule has 1 fully saturated rings. The van der Waals surface area contributed by atoms with Crippen LogP contribution in [0.1, 0.15) is 24.8 Å². The number of aromatic amines is 1. The lowest BCUT2D eigenvalue weighted by atomic mass is 9.79. The number of H-pyrrole nitrogens is 1. The predicted octanol–water partition coefficient (Wildman–Crippen LogP) is 1.78. The first-order chi connectivity index (χ1) is 10.1. The van der Waals surface area contributed by atoms with Crippen molar-refractivity contribution < 1.29 is 10.4 Å². The topological polar surface area (TPSA) is 93.5 Å². The molecule has 3 rings (SSSR count). The summed E-state index contributed by atoms with van der Waals surface area (Å²) in [6.45, 7) is 0. The summed E-state index contributed by atoms with van der Waals surface area (Å²) in [5.74, 6) is 0.575. The minimum atomic E-state index is -0.361. The number of hydrogen-bond donors (Lipinski definition) is 4. The van der Waals surface area contributed by atoms with Gasteiger partial charge in [-0.1, -0.05) is 24.6 Å². The molecular weight excluding hydrogens is 266 g/mol. The van der Waals surface area contributed by atoms with Crippen LogP contribution in [-0.2, 0) is 0 Å². The van der Waals surface area contributed by atoms with Gasteiger partial charge in [-0.15, -0.1) is 0 Å². The molecule has 0 saturated heterocycles. The number of nitrogens with two attached hydrogens (primary N) is 1. The van der Waals surface area contributed by atoms with Crippen molar-refractivity contribution >= 4 is 17.2 Å². The van der Waals surface area contributed by atoms with Crippen LogP contribution in [0.5, 0.6) is 5.75 Å². The maximum absolute atomic E-state index is 11.6. The van der Waals surface area contributed by atoms with Crippen molar-refractivity contribution in [1.82, 2.24) is 4.98 Å². The second-order valence-electron chi connectivity index (χ2n) is 5.40. The molecule has 1 aliphatic carbocycles. The molecule has 5 heteroatoms. The van der Waals surface area contributed by atoms with Crippen LogP contribution in [-0.4, -0.2) is 15.8 Å². The molecule has 0 unspecified atom stereocenters. The third-order valence-corrected chi connectivity index (χ3v) is 3.94. The lowest BCUT2D eigenvalue weighted by molar-refractivity contribution is -0.483. The van der Waals surface area contributed by atoms with Gasteiger partial charge >= 0.3 is 0 Å². The first kappa shape index (κ1) is 13.6. The fourth-order valence-corrected chi connectivity index (χ4v) is 2.57. The summed E-state index contributed by atoms with van der Waals surface area (Å²) in [4.78, 5) is 14.4. The summed E-state index contributed by atoms with van der Waals surface area (Å²) in [5.41, 5.74) is 1.42. The molecule has 2 aromatic rings. The van der Waals surface area contributed by atoms with Crippen molar-refractivity contribution in [3.63, 3.8) is 0 Å². The minimum Gasteiger partial charge on any atom is -0.507 e. The molecule has 0 amide bonds. The molecule has 21 heavy (non-hydrogen) atoms. The highest BCUT2D eigenvalue weighted by Gasteiger charge is 2.29. The van der Waals surface area contributed by atoms with E-state index >= 15 is 0 Å². The number of hydrogen-bond acceptors (Lipinski definition) is 3. The van der Waals surface area contributed by atoms with Crippen LogP contribution < -0.4 is 10.9 Å². The number of pyridine rings is 1. The Hall–Kier alpha value is -2.40. The van der Waals surface area contributed by atoms with E-state index in [0.717, 1.165) is 31.0 Å². The van der Waals surface area contributed by atoms with Gasteiger partial charge in [-0.2, -0.15) is 0 Å². The van der Waals surface area contributed by atoms with Gasteiger partial charge in [0.15, 0.2) is 0 Å². The molecule has 1 saturated carbocycles. The lowest BCUT2D eigenvalue weighted by Gasteiger charge is -2.26. The van der Waals surface area contributed by atoms with Gasteiger partial charge in [0.1, 0.15) is 17.0 Å². The van der Waals surface area contributed by atoms with E-state index in [2.05, 4.69) is 4.98 Å². The first-order valence-corrected chi connectivity index (χ1v) is 7.10. The van der Waals surface area contributed by atoms with E-state index < -0.39 is 0 Å². The number of aromatic nitrogens is 1. The molecule has 5 nitrogen and oxygen atoms in total. The Morgan fingerprint density at radius 1 is 1.29 bits per heavy atom. The van der Waals surface area contributed by atoms with Crippen molar-refractivity contribution in [1.29, 1.82) is 5.41 Å². The van der Waals surface area contributed by atoms with E-state index in [4.69, 9.17) is 5.41 Å². The number of aromatic hydroxyl groups is 1. The molecule has 0 aliphatic heterocycles. The Balaban J connectivity index is 2.01. The first-order valence-electron chi connectivity index (χ1n) is 7.10. The Bertz CT molecular complexity index is 718. The minimum absolute atomic E-state index is 0.113. The highest BCUT2D eigenvalue weighted by atomic mass is 16.3. The number of rotatable bonds is 4. The van der Waals surface area contributed by atoms with Crippen molar-refractivity contribution in [3.05, 3.63) is 52.3 Å². The van der Waals surface area contributed by atoms with Crippen LogP contribution in [0, 0.1) is 11.3 Å². The standard InChI is InChI=1S/C16H17N3O2/c17-15(10-5-4-6-10)14-12(20)9-13(21)19-16(14)18-11-7-2-1-3-8-11/h1-3,7-10,17H,4-6H2,(H3,18,19,20,21)/p+1. The van der Waals surface area contributed by atoms with Crippen LogP contribution >= 0.6 is 0 Å². The summed E-state index contributed by atoms with van der Waals surface area (Å²) in [6, 6.07) is 10.7. The Kier molecular flexibility index (Phi) is 3.58. The Morgan fingerprint density at radius 3 is 2.62 bits per heavy atom. The summed E-state index contributed by atoms with van der Waals surface area (Å²) < 4.78 is 0. The quantitative estimate of drug-likeness (QED) is 0.509. The van der Waals surface area contributed by atoms with Gasteiger partial charge in [0.05, 0.1) is 5.71 Å². The molecule has 5 N–H and O–H groups in total. The van der Waals surface area contributed by atoms with Crippen LogP contribution in [0.25, 0.3) is 0 Å². The van der Waals surface area contributed by atoms with E-state index in [0.29, 0.717) is 17.1 Å². The zero-order valence-corrected chi connectivity index (χ0v) is 11.6. The van der Waals surface area contributed by atoms with Crippen LogP contribution in [0.15, 0.2) is 41.2 Å². The van der Waals surface area contributed by atoms with Gasteiger partial charge in [0.2, 0.25) is 5.82 Å². The normalized spacial score (nSPS) is 14.7. The van der Waals surface area contributed by atoms with Gasteiger partial charge in [0, 0.05) is 12.0 Å². The number of nitrogens with one attached hydrogen (secondary N) is 2. The van der Waals surface area contributed by atoms with Gasteiger partial charge in [-0.25, -0.2) is 0 Å². The second kappa shape index (κ2) is 5.54. The molecule has 0 spiro atoms. The van der Waals surface area contributed by atoms with E-state index in [1.54, 1.807) is 5.32 Å². The zero-order valence-electron chi connectivity index (χ0n) is 11.6. The molecule has 108 valence electrons. The van der Waals surface area contributed by atoms with E-state index in [1.807, 2.05) is 30.3 Å². The molecule has 1 aromatic heterocycles. The largest absolute Gasteiger partial charge is 0.507 e. The highest BCUT2D eigenvalue weighted by Crippen LogP contribution is 2.33. The third-order valence-electron chi connectivity index (χ3n) is 3.94. The monoisotopic (exact) mass is 284 g/mol. The average molecular weight is 284 g/mol. The summed E-state index contributed by atoms with van der Waals surface area (Å²) in [5, 5.41) is 20.2. The smallest absolute Gasteiger partial charge is 0.256 e. The van der Waals surface area contributed by atoms with Gasteiger partial charge < -0.3 is 10.5 Å². The fourth-order valence-electron chi connectivity index (χ4n) is 2.57. The molecule has 1 aliphatic rings. The van der Waals surface area contributed by atoms with Crippen molar-refractivity contribution in [2.45, 2.75) is 19.3 Å². The SMILES string of the molecule is N=C(c1c(O)cc(=O)[nH]c1[NH2+]c1ccccc1)C1CCC1. The van der Waals surface area contributed by atoms with Crippen molar-refractivity contribution in [3.8, 4) is 5.75 Å². The van der Waals surface area contributed by atoms with E-state index in [9.17, 15) is 9.90 Å². The van der Waals surface area contributed by atoms with Gasteiger partial charge in [-0.3, -0.25) is 15.1 Å². The highest BCUT2D eigenvalue weighted by molar-refractivity contribution is 6.05. The van der Waals surface area contributed by atoms with E-state index in [-0.39, 0.29) is 17.2 Å². The fraction of sp³-hybridized carbons (Fsp3) is 0.250. The van der Waals surface area contributed by atoms with Crippen LogP contribution in [0.4, 0.5) is 11.5 Å². The lowest BCUT2D eigenvalue weighted by Crippen LogP contribution is -2.72. The Labute approximate surface area is 122 Å². The number of para-hydroxylation sites is 1. The summed E-state index contributed by atoms with van der Waals surface area (Å²) in [6.07, 6.45) is 3.07. The van der Waals surface area contributed by atoms with Gasteiger partial charge in [-0.05, 0) is 25.0 Å². The van der Waals surface area contributed by atoms with E-state index in [1.165, 1.54) is 0 Å². The summed E-state index contributed by atoms with van der Waals surface area (Å²) >= 11 is 0. The van der Waals surface area contributed by atoms with Crippen LogP contribution in [0.2, 0.25) is 0 Å². The van der Waals surface area contributed by atoms with Gasteiger partial charge in [0.25, 0.3) is 5.56 Å². The van der Waals surface area contributed by atoms with Crippen LogP contribution in [0.3, 0.4) is 0 Å². The molecule has 1 heterocycles. The van der Waals surface area contributed by atoms with Crippen molar-refractivity contribution in [2.75, 3.05) is 0 Å². The zero-order chi connectivity index (χ0) is 14.8. The Morgan fingerprint density at radius 2 is 2.00 bits per heavy atom. The summed E-state index contributed by atoms with van der Waals surface area (Å²) in [7, 11) is 0. The average Bonchev–Trinajstić information content (AvgIpc) is 2.36. The van der Waals surface area contributed by atoms with Crippen molar-refractivity contribution in [2.24, 2.45) is 5.92 Å². The maximum Gasteiger partial charge on any atom is 0.256 e. The maximum atomic E-state index is 11.6. The molecular formula is C16H18N3O2+.